The highest BCUT2D eigenvalue weighted by atomic mass is 32.1. The Balaban J connectivity index is 2.03. The number of thiophene rings is 1. The van der Waals surface area contributed by atoms with Gasteiger partial charge in [-0.15, -0.1) is 11.3 Å². The van der Waals surface area contributed by atoms with E-state index in [-0.39, 0.29) is 5.56 Å². The van der Waals surface area contributed by atoms with Crippen molar-refractivity contribution in [1.82, 2.24) is 19.2 Å². The highest BCUT2D eigenvalue weighted by molar-refractivity contribution is 7.71. The monoisotopic (exact) mass is 342 g/mol. The molecule has 0 spiro atoms. The molecule has 0 aliphatic carbocycles. The molecule has 0 atom stereocenters. The van der Waals surface area contributed by atoms with E-state index in [1.165, 1.54) is 4.52 Å². The normalized spacial score (nSPS) is 11.6. The van der Waals surface area contributed by atoms with Crippen molar-refractivity contribution in [3.63, 3.8) is 0 Å². The van der Waals surface area contributed by atoms with Crippen molar-refractivity contribution in [2.45, 2.75) is 20.4 Å². The van der Waals surface area contributed by atoms with Crippen LogP contribution >= 0.6 is 23.6 Å². The molecule has 5 nitrogen and oxygen atoms in total. The van der Waals surface area contributed by atoms with Gasteiger partial charge in [-0.25, -0.2) is 4.98 Å². The van der Waals surface area contributed by atoms with Gasteiger partial charge in [-0.3, -0.25) is 14.5 Å². The molecule has 0 fully saturated rings. The Kier molecular flexibility index (Phi) is 3.21. The van der Waals surface area contributed by atoms with Crippen molar-refractivity contribution in [3.05, 3.63) is 61.5 Å². The van der Waals surface area contributed by atoms with Gasteiger partial charge in [0.05, 0.1) is 11.9 Å². The molecule has 116 valence electrons. The van der Waals surface area contributed by atoms with E-state index in [0.717, 1.165) is 20.8 Å². The molecule has 0 bridgehead atoms. The van der Waals surface area contributed by atoms with Gasteiger partial charge in [0.25, 0.3) is 5.56 Å². The predicted octanol–water partition coefficient (Wildman–Crippen LogP) is 3.43. The third-order valence-corrected chi connectivity index (χ3v) is 5.48. The fraction of sp³-hybridized carbons (Fsp3) is 0.188. The number of fused-ring (bicyclic) bond motifs is 2. The lowest BCUT2D eigenvalue weighted by atomic mass is 10.2. The van der Waals surface area contributed by atoms with E-state index in [2.05, 4.69) is 10.1 Å². The van der Waals surface area contributed by atoms with E-state index in [9.17, 15) is 4.79 Å². The van der Waals surface area contributed by atoms with Gasteiger partial charge in [0, 0.05) is 4.88 Å². The zero-order valence-electron chi connectivity index (χ0n) is 12.7. The maximum Gasteiger partial charge on any atom is 0.283 e. The molecule has 0 aliphatic heterocycles. The quantitative estimate of drug-likeness (QED) is 0.568. The number of aromatic amines is 1. The zero-order chi connectivity index (χ0) is 16.1. The van der Waals surface area contributed by atoms with E-state index in [1.54, 1.807) is 11.3 Å². The summed E-state index contributed by atoms with van der Waals surface area (Å²) in [6, 6.07) is 10.00. The Bertz CT molecular complexity index is 1150. The van der Waals surface area contributed by atoms with Crippen LogP contribution in [-0.2, 0) is 6.54 Å². The van der Waals surface area contributed by atoms with Crippen LogP contribution in [-0.4, -0.2) is 19.2 Å². The summed E-state index contributed by atoms with van der Waals surface area (Å²) in [6.45, 7) is 4.55. The average molecular weight is 342 g/mol. The Morgan fingerprint density at radius 2 is 2.00 bits per heavy atom. The Labute approximate surface area is 140 Å². The second-order valence-electron chi connectivity index (χ2n) is 5.50. The number of aryl methyl sites for hydroxylation is 2. The van der Waals surface area contributed by atoms with Gasteiger partial charge < -0.3 is 0 Å². The summed E-state index contributed by atoms with van der Waals surface area (Å²) in [5.41, 5.74) is 2.01. The maximum absolute atomic E-state index is 12.8. The lowest BCUT2D eigenvalue weighted by molar-refractivity contribution is 0.801. The SMILES string of the molecule is Cc1sc2nc3n(Cc4ccccc4)c(=S)[nH]n3c(=O)c2c1C. The van der Waals surface area contributed by atoms with Crippen molar-refractivity contribution in [2.75, 3.05) is 0 Å². The number of hydrogen-bond donors (Lipinski definition) is 1. The maximum atomic E-state index is 12.8. The molecule has 23 heavy (non-hydrogen) atoms. The summed E-state index contributed by atoms with van der Waals surface area (Å²) in [5.74, 6) is 0.553. The first-order chi connectivity index (χ1) is 11.1. The minimum atomic E-state index is -0.0928. The van der Waals surface area contributed by atoms with Crippen molar-refractivity contribution in [1.29, 1.82) is 0 Å². The standard InChI is InChI=1S/C16H14N4OS2/c1-9-10(2)23-13-12(9)14(21)20-15(17-13)19(16(22)18-20)8-11-6-4-3-5-7-11/h3-7H,8H2,1-2H3,(H,18,22). The first-order valence-electron chi connectivity index (χ1n) is 7.21. The number of nitrogens with zero attached hydrogens (tertiary/aromatic N) is 3. The van der Waals surface area contributed by atoms with Crippen molar-refractivity contribution < 1.29 is 0 Å². The molecule has 0 unspecified atom stereocenters. The molecule has 4 rings (SSSR count). The molecule has 0 aliphatic rings. The van der Waals surface area contributed by atoms with Gasteiger partial charge in [-0.1, -0.05) is 30.3 Å². The van der Waals surface area contributed by atoms with Gasteiger partial charge in [0.2, 0.25) is 5.78 Å². The molecule has 3 heterocycles. The Hall–Kier alpha value is -2.25. The van der Waals surface area contributed by atoms with E-state index in [0.29, 0.717) is 22.5 Å². The fourth-order valence-corrected chi connectivity index (χ4v) is 3.97. The van der Waals surface area contributed by atoms with Gasteiger partial charge in [0.15, 0.2) is 4.77 Å². The Morgan fingerprint density at radius 1 is 1.26 bits per heavy atom. The van der Waals surface area contributed by atoms with Gasteiger partial charge in [-0.2, -0.15) is 4.52 Å². The second kappa shape index (κ2) is 5.14. The van der Waals surface area contributed by atoms with E-state index in [1.807, 2.05) is 48.7 Å². The van der Waals surface area contributed by atoms with Crippen LogP contribution in [0.1, 0.15) is 16.0 Å². The van der Waals surface area contributed by atoms with E-state index >= 15 is 0 Å². The summed E-state index contributed by atoms with van der Waals surface area (Å²) in [5, 5.41) is 3.64. The zero-order valence-corrected chi connectivity index (χ0v) is 14.3. The first-order valence-corrected chi connectivity index (χ1v) is 8.44. The summed E-state index contributed by atoms with van der Waals surface area (Å²) >= 11 is 6.94. The van der Waals surface area contributed by atoms with E-state index in [4.69, 9.17) is 12.2 Å². The van der Waals surface area contributed by atoms with Crippen molar-refractivity contribution in [3.8, 4) is 0 Å². The summed E-state index contributed by atoms with van der Waals surface area (Å²) < 4.78 is 3.80. The second-order valence-corrected chi connectivity index (χ2v) is 7.09. The molecule has 0 saturated carbocycles. The first kappa shape index (κ1) is 14.3. The van der Waals surface area contributed by atoms with Gasteiger partial charge in [-0.05, 0) is 37.2 Å². The molecule has 3 aromatic heterocycles. The average Bonchev–Trinajstić information content (AvgIpc) is 3.00. The van der Waals surface area contributed by atoms with Gasteiger partial charge in [0.1, 0.15) is 4.83 Å². The fourth-order valence-electron chi connectivity index (χ4n) is 2.72. The number of H-pyrrole nitrogens is 1. The van der Waals surface area contributed by atoms with Gasteiger partial charge >= 0.3 is 0 Å². The summed E-state index contributed by atoms with van der Waals surface area (Å²) in [6.07, 6.45) is 0. The molecule has 4 aromatic rings. The molecule has 0 amide bonds. The predicted molar refractivity (Wildman–Crippen MR) is 95.0 cm³/mol. The van der Waals surface area contributed by atoms with Crippen molar-refractivity contribution >= 4 is 39.5 Å². The van der Waals surface area contributed by atoms with Crippen LogP contribution in [0.25, 0.3) is 16.0 Å². The Morgan fingerprint density at radius 3 is 2.74 bits per heavy atom. The highest BCUT2D eigenvalue weighted by Crippen LogP contribution is 2.26. The number of aromatic nitrogens is 4. The minimum absolute atomic E-state index is 0.0928. The molecular weight excluding hydrogens is 328 g/mol. The molecule has 0 radical (unpaired) electrons. The van der Waals surface area contributed by atoms with Crippen LogP contribution in [0.5, 0.6) is 0 Å². The molecule has 1 aromatic carbocycles. The largest absolute Gasteiger partial charge is 0.283 e. The van der Waals surface area contributed by atoms with Crippen LogP contribution < -0.4 is 5.56 Å². The minimum Gasteiger partial charge on any atom is -0.281 e. The summed E-state index contributed by atoms with van der Waals surface area (Å²) in [4.78, 5) is 19.3. The molecule has 0 saturated heterocycles. The highest BCUT2D eigenvalue weighted by Gasteiger charge is 2.16. The molecule has 1 N–H and O–H groups in total. The van der Waals surface area contributed by atoms with Crippen LogP contribution in [0.4, 0.5) is 0 Å². The number of benzene rings is 1. The topological polar surface area (TPSA) is 55.1 Å². The van der Waals surface area contributed by atoms with Crippen LogP contribution in [0.3, 0.4) is 0 Å². The van der Waals surface area contributed by atoms with Crippen LogP contribution in [0.2, 0.25) is 0 Å². The summed E-state index contributed by atoms with van der Waals surface area (Å²) in [7, 11) is 0. The lowest BCUT2D eigenvalue weighted by Gasteiger charge is -2.03. The third kappa shape index (κ3) is 2.15. The lowest BCUT2D eigenvalue weighted by Crippen LogP contribution is -2.16. The number of rotatable bonds is 2. The number of nitrogens with one attached hydrogen (secondary N) is 1. The smallest absolute Gasteiger partial charge is 0.281 e. The third-order valence-electron chi connectivity index (χ3n) is 4.06. The van der Waals surface area contributed by atoms with E-state index < -0.39 is 0 Å². The van der Waals surface area contributed by atoms with Crippen LogP contribution in [0.15, 0.2) is 35.1 Å². The molecule has 7 heteroatoms. The van der Waals surface area contributed by atoms with Crippen molar-refractivity contribution in [2.24, 2.45) is 0 Å². The molecular formula is C16H14N4OS2. The van der Waals surface area contributed by atoms with Crippen LogP contribution in [0, 0.1) is 18.6 Å². The number of hydrogen-bond acceptors (Lipinski definition) is 4.